The third-order valence-electron chi connectivity index (χ3n) is 2.84. The van der Waals surface area contributed by atoms with Crippen molar-refractivity contribution >= 4 is 23.0 Å². The number of non-ortho nitro benzene ring substituents is 1. The van der Waals surface area contributed by atoms with Gasteiger partial charge in [-0.1, -0.05) is 0 Å². The monoisotopic (exact) mass is 329 g/mol. The minimum atomic E-state index is -0.476. The van der Waals surface area contributed by atoms with Gasteiger partial charge in [0.25, 0.3) is 5.69 Å². The second kappa shape index (κ2) is 8.37. The minimum Gasteiger partial charge on any atom is -0.482 e. The van der Waals surface area contributed by atoms with Gasteiger partial charge in [-0.25, -0.2) is 4.79 Å². The second-order valence-corrected chi connectivity index (χ2v) is 4.56. The van der Waals surface area contributed by atoms with Gasteiger partial charge in [0.2, 0.25) is 0 Å². The van der Waals surface area contributed by atoms with E-state index in [4.69, 9.17) is 9.47 Å². The maximum absolute atomic E-state index is 11.2. The van der Waals surface area contributed by atoms with Crippen molar-refractivity contribution in [3.63, 3.8) is 0 Å². The van der Waals surface area contributed by atoms with E-state index in [1.807, 2.05) is 0 Å². The summed E-state index contributed by atoms with van der Waals surface area (Å²) in [6.45, 7) is 1.88. The molecule has 2 aromatic carbocycles. The molecule has 0 radical (unpaired) electrons. The topological polar surface area (TPSA) is 103 Å². The van der Waals surface area contributed by atoms with Gasteiger partial charge in [-0.05, 0) is 43.3 Å². The molecule has 8 heteroatoms. The first kappa shape index (κ1) is 17.1. The standard InChI is InChI=1S/C16H15N3O5/c1-2-23-16(20)11-24-15-9-5-13(6-10-15)18-17-12-3-7-14(8-4-12)19(21)22/h3-10H,2,11H2,1H3. The molecule has 0 N–H and O–H groups in total. The van der Waals surface area contributed by atoms with Crippen molar-refractivity contribution in [1.82, 2.24) is 0 Å². The number of nitrogens with zero attached hydrogens (tertiary/aromatic N) is 3. The molecule has 0 atom stereocenters. The zero-order valence-electron chi connectivity index (χ0n) is 12.9. The zero-order chi connectivity index (χ0) is 17.4. The molecular formula is C16H15N3O5. The summed E-state index contributed by atoms with van der Waals surface area (Å²) in [5.41, 5.74) is 1.08. The Morgan fingerprint density at radius 1 is 1.04 bits per heavy atom. The van der Waals surface area contributed by atoms with Crippen LogP contribution in [0.15, 0.2) is 58.8 Å². The number of esters is 1. The molecule has 0 spiro atoms. The lowest BCUT2D eigenvalue weighted by molar-refractivity contribution is -0.384. The number of ether oxygens (including phenoxy) is 2. The SMILES string of the molecule is CCOC(=O)COc1ccc(N=Nc2ccc([N+](=O)[O-])cc2)cc1. The third kappa shape index (κ3) is 5.16. The fourth-order valence-electron chi connectivity index (χ4n) is 1.71. The number of rotatable bonds is 7. The van der Waals surface area contributed by atoms with Crippen molar-refractivity contribution in [3.05, 3.63) is 58.6 Å². The molecule has 0 unspecified atom stereocenters. The van der Waals surface area contributed by atoms with Crippen LogP contribution in [0.3, 0.4) is 0 Å². The molecule has 24 heavy (non-hydrogen) atoms. The van der Waals surface area contributed by atoms with E-state index >= 15 is 0 Å². The normalized spacial score (nSPS) is 10.5. The number of hydrogen-bond acceptors (Lipinski definition) is 7. The van der Waals surface area contributed by atoms with Gasteiger partial charge in [-0.15, -0.1) is 0 Å². The first-order valence-corrected chi connectivity index (χ1v) is 7.13. The Morgan fingerprint density at radius 3 is 2.08 bits per heavy atom. The highest BCUT2D eigenvalue weighted by Crippen LogP contribution is 2.22. The molecule has 0 aliphatic rings. The third-order valence-corrected chi connectivity index (χ3v) is 2.84. The van der Waals surface area contributed by atoms with Gasteiger partial charge in [0.1, 0.15) is 5.75 Å². The van der Waals surface area contributed by atoms with Gasteiger partial charge in [0, 0.05) is 12.1 Å². The maximum atomic E-state index is 11.2. The van der Waals surface area contributed by atoms with Crippen molar-refractivity contribution in [2.24, 2.45) is 10.2 Å². The van der Waals surface area contributed by atoms with E-state index in [0.717, 1.165) is 0 Å². The Bertz CT molecular complexity index is 726. The Hall–Kier alpha value is -3.29. The lowest BCUT2D eigenvalue weighted by atomic mass is 10.3. The molecule has 0 amide bonds. The molecule has 0 bridgehead atoms. The molecule has 0 heterocycles. The van der Waals surface area contributed by atoms with E-state index in [-0.39, 0.29) is 12.3 Å². The molecule has 0 aromatic heterocycles. The van der Waals surface area contributed by atoms with Crippen molar-refractivity contribution in [3.8, 4) is 5.75 Å². The summed E-state index contributed by atoms with van der Waals surface area (Å²) >= 11 is 0. The number of nitro benzene ring substituents is 1. The Morgan fingerprint density at radius 2 is 1.58 bits per heavy atom. The Kier molecular flexibility index (Phi) is 5.95. The van der Waals surface area contributed by atoms with Crippen LogP contribution in [0.2, 0.25) is 0 Å². The van der Waals surface area contributed by atoms with E-state index in [1.165, 1.54) is 24.3 Å². The average molecular weight is 329 g/mol. The highest BCUT2D eigenvalue weighted by Gasteiger charge is 2.04. The van der Waals surface area contributed by atoms with E-state index < -0.39 is 10.9 Å². The maximum Gasteiger partial charge on any atom is 0.344 e. The number of benzene rings is 2. The summed E-state index contributed by atoms with van der Waals surface area (Å²) in [5.74, 6) is 0.0803. The fourth-order valence-corrected chi connectivity index (χ4v) is 1.71. The molecular weight excluding hydrogens is 314 g/mol. The molecule has 0 fully saturated rings. The van der Waals surface area contributed by atoms with Crippen LogP contribution in [-0.2, 0) is 9.53 Å². The number of carbonyl (C=O) groups is 1. The van der Waals surface area contributed by atoms with Gasteiger partial charge < -0.3 is 9.47 Å². The molecule has 2 rings (SSSR count). The second-order valence-electron chi connectivity index (χ2n) is 4.56. The molecule has 124 valence electrons. The number of azo groups is 1. The molecule has 2 aromatic rings. The van der Waals surface area contributed by atoms with Gasteiger partial charge in [-0.2, -0.15) is 10.2 Å². The fraction of sp³-hybridized carbons (Fsp3) is 0.188. The Balaban J connectivity index is 1.93. The van der Waals surface area contributed by atoms with E-state index in [0.29, 0.717) is 23.7 Å². The van der Waals surface area contributed by atoms with Gasteiger partial charge in [0.05, 0.1) is 22.9 Å². The van der Waals surface area contributed by atoms with E-state index in [1.54, 1.807) is 31.2 Å². The molecule has 0 aliphatic carbocycles. The number of hydrogen-bond donors (Lipinski definition) is 0. The summed E-state index contributed by atoms with van der Waals surface area (Å²) in [7, 11) is 0. The van der Waals surface area contributed by atoms with Gasteiger partial charge >= 0.3 is 5.97 Å². The first-order valence-electron chi connectivity index (χ1n) is 7.13. The van der Waals surface area contributed by atoms with Crippen molar-refractivity contribution in [2.45, 2.75) is 6.92 Å². The largest absolute Gasteiger partial charge is 0.482 e. The quantitative estimate of drug-likeness (QED) is 0.331. The molecule has 8 nitrogen and oxygen atoms in total. The molecule has 0 saturated heterocycles. The number of carbonyl (C=O) groups excluding carboxylic acids is 1. The molecule has 0 saturated carbocycles. The van der Waals surface area contributed by atoms with Gasteiger partial charge in [0.15, 0.2) is 6.61 Å². The predicted octanol–water partition coefficient (Wildman–Crippen LogP) is 3.95. The lowest BCUT2D eigenvalue weighted by Crippen LogP contribution is -2.14. The average Bonchev–Trinajstić information content (AvgIpc) is 2.59. The summed E-state index contributed by atoms with van der Waals surface area (Å²) < 4.78 is 10.0. The summed E-state index contributed by atoms with van der Waals surface area (Å²) in [6, 6.07) is 12.4. The van der Waals surface area contributed by atoms with Crippen LogP contribution in [0.5, 0.6) is 5.75 Å². The first-order chi connectivity index (χ1) is 11.6. The van der Waals surface area contributed by atoms with Crippen LogP contribution in [0.25, 0.3) is 0 Å². The highest BCUT2D eigenvalue weighted by atomic mass is 16.6. The summed E-state index contributed by atoms with van der Waals surface area (Å²) in [5, 5.41) is 18.6. The highest BCUT2D eigenvalue weighted by molar-refractivity contribution is 5.71. The summed E-state index contributed by atoms with van der Waals surface area (Å²) in [4.78, 5) is 21.3. The van der Waals surface area contributed by atoms with Crippen LogP contribution in [0.1, 0.15) is 6.92 Å². The van der Waals surface area contributed by atoms with Crippen LogP contribution in [0, 0.1) is 10.1 Å². The number of nitro groups is 1. The smallest absolute Gasteiger partial charge is 0.344 e. The van der Waals surface area contributed by atoms with Crippen molar-refractivity contribution in [2.75, 3.05) is 13.2 Å². The Labute approximate surface area is 137 Å². The molecule has 0 aliphatic heterocycles. The zero-order valence-corrected chi connectivity index (χ0v) is 12.9. The van der Waals surface area contributed by atoms with Gasteiger partial charge in [-0.3, -0.25) is 10.1 Å². The summed E-state index contributed by atoms with van der Waals surface area (Å²) in [6.07, 6.45) is 0. The van der Waals surface area contributed by atoms with E-state index in [9.17, 15) is 14.9 Å². The lowest BCUT2D eigenvalue weighted by Gasteiger charge is -2.05. The van der Waals surface area contributed by atoms with Crippen LogP contribution in [0.4, 0.5) is 17.1 Å². The van der Waals surface area contributed by atoms with Crippen molar-refractivity contribution in [1.29, 1.82) is 0 Å². The van der Waals surface area contributed by atoms with Crippen LogP contribution in [-0.4, -0.2) is 24.1 Å². The van der Waals surface area contributed by atoms with E-state index in [2.05, 4.69) is 10.2 Å². The van der Waals surface area contributed by atoms with Crippen LogP contribution < -0.4 is 4.74 Å². The minimum absolute atomic E-state index is 0.00273. The van der Waals surface area contributed by atoms with Crippen molar-refractivity contribution < 1.29 is 19.2 Å². The predicted molar refractivity (Wildman–Crippen MR) is 85.8 cm³/mol. The van der Waals surface area contributed by atoms with Crippen LogP contribution >= 0.6 is 0 Å².